The van der Waals surface area contributed by atoms with Gasteiger partial charge in [-0.3, -0.25) is 9.59 Å². The van der Waals surface area contributed by atoms with Crippen LogP contribution in [0, 0.1) is 0 Å². The lowest BCUT2D eigenvalue weighted by molar-refractivity contribution is -0.149. The molecule has 1 N–H and O–H groups in total. The van der Waals surface area contributed by atoms with E-state index in [9.17, 15) is 9.59 Å². The number of rotatable bonds is 8. The number of benzene rings is 3. The standard InChI is InChI=1S/C35H42N4O3.2ClH/c1-36-32(27-12-6-3-7-13-27)34(40)39-23-16-28-24-30(42-25-26-10-4-2-5-11-26)14-15-31(28)33(39)35(41)38-21-17-29(18-22-38)37-19-8-9-20-37;;/h2-7,10-15,24,29,32-33,36H,8-9,16-23,25H2,1H3;2*1H. The second kappa shape index (κ2) is 15.8. The Kier molecular flexibility index (Phi) is 12.1. The number of ether oxygens (including phenoxy) is 1. The van der Waals surface area contributed by atoms with Crippen molar-refractivity contribution in [1.29, 1.82) is 0 Å². The summed E-state index contributed by atoms with van der Waals surface area (Å²) in [6.45, 7) is 4.80. The Morgan fingerprint density at radius 1 is 0.864 bits per heavy atom. The van der Waals surface area contributed by atoms with Crippen LogP contribution in [0.1, 0.15) is 60.0 Å². The van der Waals surface area contributed by atoms with Crippen molar-refractivity contribution in [3.8, 4) is 5.75 Å². The van der Waals surface area contributed by atoms with E-state index in [1.165, 1.54) is 25.9 Å². The summed E-state index contributed by atoms with van der Waals surface area (Å²) in [6.07, 6.45) is 5.22. The van der Waals surface area contributed by atoms with E-state index < -0.39 is 12.1 Å². The number of carbonyl (C=O) groups excluding carboxylic acids is 2. The normalized spacial score (nSPS) is 19.3. The molecule has 0 spiro atoms. The fourth-order valence-corrected chi connectivity index (χ4v) is 6.91. The molecule has 0 bridgehead atoms. The third-order valence-electron chi connectivity index (χ3n) is 9.21. The molecule has 2 atom stereocenters. The van der Waals surface area contributed by atoms with Gasteiger partial charge in [-0.05, 0) is 86.6 Å². The van der Waals surface area contributed by atoms with Crippen LogP contribution in [0.2, 0.25) is 0 Å². The number of nitrogens with zero attached hydrogens (tertiary/aromatic N) is 3. The maximum Gasteiger partial charge on any atom is 0.250 e. The Bertz CT molecular complexity index is 1360. The average molecular weight is 640 g/mol. The van der Waals surface area contributed by atoms with E-state index in [1.54, 1.807) is 0 Å². The van der Waals surface area contributed by atoms with Gasteiger partial charge in [0.1, 0.15) is 24.4 Å². The van der Waals surface area contributed by atoms with Gasteiger partial charge in [-0.25, -0.2) is 0 Å². The topological polar surface area (TPSA) is 65.1 Å². The van der Waals surface area contributed by atoms with Gasteiger partial charge >= 0.3 is 0 Å². The van der Waals surface area contributed by atoms with Crippen molar-refractivity contribution in [3.63, 3.8) is 0 Å². The van der Waals surface area contributed by atoms with Crippen LogP contribution in [0.25, 0.3) is 0 Å². The van der Waals surface area contributed by atoms with Crippen LogP contribution in [-0.4, -0.2) is 72.3 Å². The zero-order valence-corrected chi connectivity index (χ0v) is 27.0. The van der Waals surface area contributed by atoms with E-state index >= 15 is 0 Å². The van der Waals surface area contributed by atoms with Crippen molar-refractivity contribution in [2.24, 2.45) is 0 Å². The number of likely N-dealkylation sites (N-methyl/N-ethyl adjacent to an activating group) is 1. The van der Waals surface area contributed by atoms with Crippen LogP contribution in [-0.2, 0) is 22.6 Å². The minimum Gasteiger partial charge on any atom is -0.489 e. The number of halogens is 2. The molecule has 7 nitrogen and oxygen atoms in total. The maximum absolute atomic E-state index is 14.4. The van der Waals surface area contributed by atoms with Gasteiger partial charge in [0.05, 0.1) is 0 Å². The number of likely N-dealkylation sites (tertiary alicyclic amines) is 2. The summed E-state index contributed by atoms with van der Waals surface area (Å²) >= 11 is 0. The molecule has 3 heterocycles. The highest BCUT2D eigenvalue weighted by molar-refractivity contribution is 5.92. The van der Waals surface area contributed by atoms with E-state index in [0.717, 1.165) is 53.9 Å². The van der Waals surface area contributed by atoms with E-state index in [4.69, 9.17) is 4.74 Å². The maximum atomic E-state index is 14.4. The average Bonchev–Trinajstić information content (AvgIpc) is 3.59. The molecule has 44 heavy (non-hydrogen) atoms. The molecule has 0 saturated carbocycles. The first-order valence-corrected chi connectivity index (χ1v) is 15.5. The molecule has 2 saturated heterocycles. The Morgan fingerprint density at radius 3 is 2.18 bits per heavy atom. The lowest BCUT2D eigenvalue weighted by Gasteiger charge is -2.43. The summed E-state index contributed by atoms with van der Waals surface area (Å²) in [5.74, 6) is 0.751. The molecule has 0 aliphatic carbocycles. The fourth-order valence-electron chi connectivity index (χ4n) is 6.91. The third-order valence-corrected chi connectivity index (χ3v) is 9.21. The first-order valence-electron chi connectivity index (χ1n) is 15.5. The highest BCUT2D eigenvalue weighted by atomic mass is 35.5. The molecule has 0 aromatic heterocycles. The lowest BCUT2D eigenvalue weighted by atomic mass is 9.89. The Hall–Kier alpha value is -3.10. The molecule has 2 unspecified atom stereocenters. The van der Waals surface area contributed by atoms with Gasteiger partial charge in [-0.1, -0.05) is 66.7 Å². The molecule has 2 fully saturated rings. The quantitative estimate of drug-likeness (QED) is 0.349. The molecular weight excluding hydrogens is 595 g/mol. The molecule has 2 amide bonds. The van der Waals surface area contributed by atoms with Crippen molar-refractivity contribution in [3.05, 3.63) is 101 Å². The van der Waals surface area contributed by atoms with Gasteiger partial charge in [0.2, 0.25) is 11.8 Å². The first-order chi connectivity index (χ1) is 20.6. The highest BCUT2D eigenvalue weighted by Gasteiger charge is 2.41. The molecule has 3 aliphatic heterocycles. The number of piperidine rings is 1. The lowest BCUT2D eigenvalue weighted by Crippen LogP contribution is -2.53. The number of nitrogens with one attached hydrogen (secondary N) is 1. The first kappa shape index (κ1) is 33.8. The molecule has 6 rings (SSSR count). The van der Waals surface area contributed by atoms with E-state index in [2.05, 4.69) is 28.4 Å². The molecule has 3 aromatic rings. The molecule has 9 heteroatoms. The largest absolute Gasteiger partial charge is 0.489 e. The minimum absolute atomic E-state index is 0. The van der Waals surface area contributed by atoms with E-state index in [1.807, 2.05) is 77.5 Å². The number of carbonyl (C=O) groups is 2. The van der Waals surface area contributed by atoms with Crippen LogP contribution in [0.4, 0.5) is 0 Å². The summed E-state index contributed by atoms with van der Waals surface area (Å²) in [5.41, 5.74) is 4.00. The van der Waals surface area contributed by atoms with Crippen molar-refractivity contribution >= 4 is 36.6 Å². The molecule has 3 aliphatic rings. The molecule has 236 valence electrons. The monoisotopic (exact) mass is 638 g/mol. The summed E-state index contributed by atoms with van der Waals surface area (Å²) in [5, 5.41) is 3.22. The van der Waals surface area contributed by atoms with Crippen LogP contribution in [0.5, 0.6) is 5.75 Å². The summed E-state index contributed by atoms with van der Waals surface area (Å²) < 4.78 is 6.13. The Labute approximate surface area is 273 Å². The SMILES string of the molecule is CNC(C(=O)N1CCc2cc(OCc3ccccc3)ccc2C1C(=O)N1CCC(N2CCCC2)CC1)c1ccccc1.Cl.Cl. The smallest absolute Gasteiger partial charge is 0.250 e. The summed E-state index contributed by atoms with van der Waals surface area (Å²) in [6, 6.07) is 25.3. The zero-order chi connectivity index (χ0) is 28.9. The Balaban J connectivity index is 0.00000221. The third kappa shape index (κ3) is 7.40. The van der Waals surface area contributed by atoms with Crippen LogP contribution in [0.3, 0.4) is 0 Å². The minimum atomic E-state index is -0.646. The van der Waals surface area contributed by atoms with Gasteiger partial charge in [0.15, 0.2) is 0 Å². The van der Waals surface area contributed by atoms with Gasteiger partial charge in [0, 0.05) is 25.7 Å². The predicted molar refractivity (Wildman–Crippen MR) is 179 cm³/mol. The van der Waals surface area contributed by atoms with Crippen LogP contribution >= 0.6 is 24.8 Å². The van der Waals surface area contributed by atoms with Crippen molar-refractivity contribution in [1.82, 2.24) is 20.0 Å². The fraction of sp³-hybridized carbons (Fsp3) is 0.429. The second-order valence-electron chi connectivity index (χ2n) is 11.8. The Morgan fingerprint density at radius 2 is 1.52 bits per heavy atom. The number of fused-ring (bicyclic) bond motifs is 1. The van der Waals surface area contributed by atoms with E-state index in [-0.39, 0.29) is 36.6 Å². The van der Waals surface area contributed by atoms with Gasteiger partial charge in [-0.2, -0.15) is 0 Å². The number of hydrogen-bond donors (Lipinski definition) is 1. The van der Waals surface area contributed by atoms with Crippen molar-refractivity contribution in [2.75, 3.05) is 39.8 Å². The molecular formula is C35H44Cl2N4O3. The van der Waals surface area contributed by atoms with E-state index in [0.29, 0.717) is 25.6 Å². The summed E-state index contributed by atoms with van der Waals surface area (Å²) in [4.78, 5) is 34.9. The van der Waals surface area contributed by atoms with Crippen LogP contribution in [0.15, 0.2) is 78.9 Å². The van der Waals surface area contributed by atoms with Crippen molar-refractivity contribution in [2.45, 2.75) is 56.8 Å². The predicted octanol–water partition coefficient (Wildman–Crippen LogP) is 5.58. The van der Waals surface area contributed by atoms with Gasteiger partial charge in [0.25, 0.3) is 0 Å². The van der Waals surface area contributed by atoms with Crippen LogP contribution < -0.4 is 10.1 Å². The zero-order valence-electron chi connectivity index (χ0n) is 25.4. The number of hydrogen-bond acceptors (Lipinski definition) is 5. The van der Waals surface area contributed by atoms with Gasteiger partial charge < -0.3 is 24.8 Å². The number of amides is 2. The highest BCUT2D eigenvalue weighted by Crippen LogP contribution is 2.36. The molecule has 0 radical (unpaired) electrons. The van der Waals surface area contributed by atoms with Crippen molar-refractivity contribution < 1.29 is 14.3 Å². The second-order valence-corrected chi connectivity index (χ2v) is 11.8. The molecule has 3 aromatic carbocycles. The summed E-state index contributed by atoms with van der Waals surface area (Å²) in [7, 11) is 1.81. The van der Waals surface area contributed by atoms with Gasteiger partial charge in [-0.15, -0.1) is 24.8 Å².